The Balaban J connectivity index is 1.94. The number of nitrogens with zero attached hydrogens (tertiary/aromatic N) is 1. The molecule has 2 rings (SSSR count). The molecule has 0 aromatic heterocycles. The molecule has 1 atom stereocenters. The minimum absolute atomic E-state index is 0.145. The smallest absolute Gasteiger partial charge is 0.407 e. The standard InChI is InChI=1S/C16H20BrFN2O3/c1-16(2,3)23-15(22)19-11-6-7-20(9-11)14(21)12-5-4-10(18)8-13(12)17/h4-5,8,11H,6-7,9H2,1-3H3,(H,19,22)/t11-/m1/s1. The molecule has 1 fully saturated rings. The third kappa shape index (κ3) is 4.92. The number of hydrogen-bond acceptors (Lipinski definition) is 3. The number of carbonyl (C=O) groups excluding carboxylic acids is 2. The van der Waals surface area contributed by atoms with Gasteiger partial charge in [-0.15, -0.1) is 0 Å². The highest BCUT2D eigenvalue weighted by Crippen LogP contribution is 2.22. The van der Waals surface area contributed by atoms with Gasteiger partial charge >= 0.3 is 6.09 Å². The summed E-state index contributed by atoms with van der Waals surface area (Å²) in [5.74, 6) is -0.593. The van der Waals surface area contributed by atoms with E-state index in [-0.39, 0.29) is 11.9 Å². The summed E-state index contributed by atoms with van der Waals surface area (Å²) in [5, 5.41) is 2.77. The van der Waals surface area contributed by atoms with Crippen molar-refractivity contribution in [3.8, 4) is 0 Å². The molecule has 1 aliphatic heterocycles. The van der Waals surface area contributed by atoms with Crippen molar-refractivity contribution in [1.82, 2.24) is 10.2 Å². The third-order valence-electron chi connectivity index (χ3n) is 3.36. The van der Waals surface area contributed by atoms with Gasteiger partial charge in [0, 0.05) is 17.6 Å². The van der Waals surface area contributed by atoms with Crippen LogP contribution in [0, 0.1) is 5.82 Å². The molecule has 1 N–H and O–H groups in total. The Morgan fingerprint density at radius 3 is 2.70 bits per heavy atom. The van der Waals surface area contributed by atoms with Crippen LogP contribution < -0.4 is 5.32 Å². The van der Waals surface area contributed by atoms with E-state index in [1.165, 1.54) is 18.2 Å². The Morgan fingerprint density at radius 1 is 1.39 bits per heavy atom. The second-order valence-corrected chi connectivity index (χ2v) is 7.36. The van der Waals surface area contributed by atoms with E-state index in [1.54, 1.807) is 25.7 Å². The van der Waals surface area contributed by atoms with Crippen LogP contribution in [0.1, 0.15) is 37.6 Å². The maximum absolute atomic E-state index is 13.1. The molecule has 1 aromatic carbocycles. The number of halogens is 2. The number of carbonyl (C=O) groups is 2. The van der Waals surface area contributed by atoms with Crippen molar-refractivity contribution >= 4 is 27.9 Å². The number of rotatable bonds is 2. The molecule has 0 spiro atoms. The summed E-state index contributed by atoms with van der Waals surface area (Å²) >= 11 is 3.21. The van der Waals surface area contributed by atoms with Gasteiger partial charge in [-0.05, 0) is 61.3 Å². The molecule has 1 aliphatic rings. The van der Waals surface area contributed by atoms with E-state index in [0.29, 0.717) is 29.5 Å². The summed E-state index contributed by atoms with van der Waals surface area (Å²) in [6, 6.07) is 3.83. The van der Waals surface area contributed by atoms with E-state index in [1.807, 2.05) is 0 Å². The highest BCUT2D eigenvalue weighted by atomic mass is 79.9. The SMILES string of the molecule is CC(C)(C)OC(=O)N[C@@H]1CCN(C(=O)c2ccc(F)cc2Br)C1. The second kappa shape index (κ2) is 6.86. The van der Waals surface area contributed by atoms with Gasteiger partial charge in [0.1, 0.15) is 11.4 Å². The molecule has 2 amide bonds. The molecule has 5 nitrogen and oxygen atoms in total. The van der Waals surface area contributed by atoms with Crippen molar-refractivity contribution in [3.63, 3.8) is 0 Å². The molecule has 0 bridgehead atoms. The minimum atomic E-state index is -0.558. The van der Waals surface area contributed by atoms with E-state index in [2.05, 4.69) is 21.2 Å². The van der Waals surface area contributed by atoms with Crippen LogP contribution in [0.5, 0.6) is 0 Å². The van der Waals surface area contributed by atoms with E-state index in [4.69, 9.17) is 4.74 Å². The number of alkyl carbamates (subject to hydrolysis) is 1. The second-order valence-electron chi connectivity index (χ2n) is 6.51. The van der Waals surface area contributed by atoms with Gasteiger partial charge in [-0.1, -0.05) is 0 Å². The largest absolute Gasteiger partial charge is 0.444 e. The molecule has 0 aliphatic carbocycles. The normalized spacial score (nSPS) is 18.0. The van der Waals surface area contributed by atoms with Crippen LogP contribution in [0.3, 0.4) is 0 Å². The van der Waals surface area contributed by atoms with Crippen molar-refractivity contribution in [2.45, 2.75) is 38.8 Å². The first-order valence-electron chi connectivity index (χ1n) is 7.39. The van der Waals surface area contributed by atoms with Crippen LogP contribution >= 0.6 is 15.9 Å². The summed E-state index contributed by atoms with van der Waals surface area (Å²) < 4.78 is 18.7. The van der Waals surface area contributed by atoms with Gasteiger partial charge in [0.15, 0.2) is 0 Å². The van der Waals surface area contributed by atoms with Crippen LogP contribution in [0.4, 0.5) is 9.18 Å². The van der Waals surface area contributed by atoms with Crippen LogP contribution in [0.25, 0.3) is 0 Å². The monoisotopic (exact) mass is 386 g/mol. The quantitative estimate of drug-likeness (QED) is 0.847. The van der Waals surface area contributed by atoms with Crippen molar-refractivity contribution in [2.24, 2.45) is 0 Å². The number of ether oxygens (including phenoxy) is 1. The molecule has 126 valence electrons. The summed E-state index contributed by atoms with van der Waals surface area (Å²) in [5.41, 5.74) is -0.152. The molecule has 7 heteroatoms. The Hall–Kier alpha value is -1.63. The summed E-state index contributed by atoms with van der Waals surface area (Å²) in [4.78, 5) is 25.9. The summed E-state index contributed by atoms with van der Waals surface area (Å²) in [6.07, 6.45) is 0.170. The molecular weight excluding hydrogens is 367 g/mol. The van der Waals surface area contributed by atoms with Crippen molar-refractivity contribution in [1.29, 1.82) is 0 Å². The van der Waals surface area contributed by atoms with Crippen LogP contribution in [0.2, 0.25) is 0 Å². The predicted octanol–water partition coefficient (Wildman–Crippen LogP) is 3.33. The van der Waals surface area contributed by atoms with Gasteiger partial charge < -0.3 is 15.0 Å². The zero-order valence-corrected chi connectivity index (χ0v) is 14.9. The van der Waals surface area contributed by atoms with Gasteiger partial charge in [0.25, 0.3) is 5.91 Å². The average molecular weight is 387 g/mol. The van der Waals surface area contributed by atoms with E-state index in [9.17, 15) is 14.0 Å². The number of hydrogen-bond donors (Lipinski definition) is 1. The van der Waals surface area contributed by atoms with Gasteiger partial charge in [-0.2, -0.15) is 0 Å². The molecule has 0 unspecified atom stereocenters. The molecule has 0 saturated carbocycles. The zero-order valence-electron chi connectivity index (χ0n) is 13.4. The van der Waals surface area contributed by atoms with Crippen LogP contribution in [0.15, 0.2) is 22.7 Å². The Labute approximate surface area is 143 Å². The first-order chi connectivity index (χ1) is 10.7. The molecule has 0 radical (unpaired) electrons. The van der Waals surface area contributed by atoms with Gasteiger partial charge in [-0.25, -0.2) is 9.18 Å². The summed E-state index contributed by atoms with van der Waals surface area (Å²) in [7, 11) is 0. The van der Waals surface area contributed by atoms with Crippen LogP contribution in [-0.4, -0.2) is 41.6 Å². The average Bonchev–Trinajstić information content (AvgIpc) is 2.84. The highest BCUT2D eigenvalue weighted by molar-refractivity contribution is 9.10. The number of nitrogens with one attached hydrogen (secondary N) is 1. The van der Waals surface area contributed by atoms with Crippen molar-refractivity contribution < 1.29 is 18.7 Å². The van der Waals surface area contributed by atoms with E-state index < -0.39 is 17.5 Å². The first kappa shape index (κ1) is 17.7. The number of likely N-dealkylation sites (tertiary alicyclic amines) is 1. The lowest BCUT2D eigenvalue weighted by atomic mass is 10.2. The summed E-state index contributed by atoms with van der Waals surface area (Å²) in [6.45, 7) is 6.32. The lowest BCUT2D eigenvalue weighted by Crippen LogP contribution is -2.41. The van der Waals surface area contributed by atoms with Crippen molar-refractivity contribution in [3.05, 3.63) is 34.1 Å². The van der Waals surface area contributed by atoms with Crippen molar-refractivity contribution in [2.75, 3.05) is 13.1 Å². The topological polar surface area (TPSA) is 58.6 Å². The molecule has 23 heavy (non-hydrogen) atoms. The fourth-order valence-corrected chi connectivity index (χ4v) is 2.89. The Morgan fingerprint density at radius 2 is 2.09 bits per heavy atom. The molecule has 1 aromatic rings. The maximum atomic E-state index is 13.1. The minimum Gasteiger partial charge on any atom is -0.444 e. The first-order valence-corrected chi connectivity index (χ1v) is 8.19. The number of benzene rings is 1. The molecule has 1 heterocycles. The fraction of sp³-hybridized carbons (Fsp3) is 0.500. The van der Waals surface area contributed by atoms with Gasteiger partial charge in [-0.3, -0.25) is 4.79 Å². The molecule has 1 saturated heterocycles. The lowest BCUT2D eigenvalue weighted by molar-refractivity contribution is 0.0502. The predicted molar refractivity (Wildman–Crippen MR) is 87.8 cm³/mol. The maximum Gasteiger partial charge on any atom is 0.407 e. The number of amides is 2. The highest BCUT2D eigenvalue weighted by Gasteiger charge is 2.30. The van der Waals surface area contributed by atoms with Gasteiger partial charge in [0.05, 0.1) is 11.6 Å². The van der Waals surface area contributed by atoms with Crippen LogP contribution in [-0.2, 0) is 4.74 Å². The lowest BCUT2D eigenvalue weighted by Gasteiger charge is -2.22. The Kier molecular flexibility index (Phi) is 5.29. The zero-order chi connectivity index (χ0) is 17.2. The van der Waals surface area contributed by atoms with Gasteiger partial charge in [0.2, 0.25) is 0 Å². The third-order valence-corrected chi connectivity index (χ3v) is 4.01. The Bertz CT molecular complexity index is 616. The molecular formula is C16H20BrFN2O3. The fourth-order valence-electron chi connectivity index (χ4n) is 2.37. The van der Waals surface area contributed by atoms with E-state index >= 15 is 0 Å². The van der Waals surface area contributed by atoms with E-state index in [0.717, 1.165) is 0 Å².